The lowest BCUT2D eigenvalue weighted by Crippen LogP contribution is -1.99. The van der Waals surface area contributed by atoms with Gasteiger partial charge in [-0.15, -0.1) is 0 Å². The van der Waals surface area contributed by atoms with Gasteiger partial charge in [0.2, 0.25) is 0 Å². The predicted octanol–water partition coefficient (Wildman–Crippen LogP) is 4.07. The van der Waals surface area contributed by atoms with Crippen molar-refractivity contribution in [1.82, 2.24) is 0 Å². The summed E-state index contributed by atoms with van der Waals surface area (Å²) in [5.41, 5.74) is 3.16. The summed E-state index contributed by atoms with van der Waals surface area (Å²) in [5, 5.41) is 21.2. The van der Waals surface area contributed by atoms with E-state index in [9.17, 15) is 4.79 Å². The van der Waals surface area contributed by atoms with Crippen LogP contribution in [0, 0.1) is 18.3 Å². The summed E-state index contributed by atoms with van der Waals surface area (Å²) in [6.45, 7) is 1.94. The quantitative estimate of drug-likeness (QED) is 0.889. The zero-order valence-electron chi connectivity index (χ0n) is 10.6. The number of nitrogens with one attached hydrogen (secondary N) is 1. The standard InChI is InChI=1S/C15H11BrN2O2/c1-9-2-3-11(8-17)14(6-9)18-13-5-4-10(15(19)20)7-12(13)16/h2-7,18H,1H3,(H,19,20). The predicted molar refractivity (Wildman–Crippen MR) is 80.3 cm³/mol. The average molecular weight is 331 g/mol. The van der Waals surface area contributed by atoms with Crippen molar-refractivity contribution in [3.05, 3.63) is 57.6 Å². The summed E-state index contributed by atoms with van der Waals surface area (Å²) in [6.07, 6.45) is 0. The van der Waals surface area contributed by atoms with E-state index in [2.05, 4.69) is 27.3 Å². The van der Waals surface area contributed by atoms with Gasteiger partial charge in [0.25, 0.3) is 0 Å². The highest BCUT2D eigenvalue weighted by Gasteiger charge is 2.09. The summed E-state index contributed by atoms with van der Waals surface area (Å²) in [7, 11) is 0. The SMILES string of the molecule is Cc1ccc(C#N)c(Nc2ccc(C(=O)O)cc2Br)c1. The molecule has 100 valence electrons. The topological polar surface area (TPSA) is 73.1 Å². The van der Waals surface area contributed by atoms with Gasteiger partial charge in [0, 0.05) is 4.47 Å². The van der Waals surface area contributed by atoms with Gasteiger partial charge in [-0.25, -0.2) is 4.79 Å². The Morgan fingerprint density at radius 3 is 2.60 bits per heavy atom. The monoisotopic (exact) mass is 330 g/mol. The van der Waals surface area contributed by atoms with Crippen molar-refractivity contribution >= 4 is 33.3 Å². The van der Waals surface area contributed by atoms with Crippen LogP contribution in [0.25, 0.3) is 0 Å². The Kier molecular flexibility index (Phi) is 4.06. The maximum Gasteiger partial charge on any atom is 0.335 e. The zero-order chi connectivity index (χ0) is 14.7. The van der Waals surface area contributed by atoms with Crippen LogP contribution in [0.3, 0.4) is 0 Å². The number of rotatable bonds is 3. The molecule has 2 aromatic rings. The van der Waals surface area contributed by atoms with Crippen molar-refractivity contribution in [1.29, 1.82) is 5.26 Å². The van der Waals surface area contributed by atoms with Crippen LogP contribution < -0.4 is 5.32 Å². The first-order chi connectivity index (χ1) is 9.51. The molecule has 0 amide bonds. The molecule has 0 radical (unpaired) electrons. The lowest BCUT2D eigenvalue weighted by Gasteiger charge is -2.11. The van der Waals surface area contributed by atoms with Crippen LogP contribution in [0.15, 0.2) is 40.9 Å². The Balaban J connectivity index is 2.38. The van der Waals surface area contributed by atoms with Crippen LogP contribution in [-0.2, 0) is 0 Å². The summed E-state index contributed by atoms with van der Waals surface area (Å²) < 4.78 is 0.628. The van der Waals surface area contributed by atoms with Gasteiger partial charge < -0.3 is 10.4 Å². The van der Waals surface area contributed by atoms with Crippen molar-refractivity contribution in [2.45, 2.75) is 6.92 Å². The van der Waals surface area contributed by atoms with E-state index in [4.69, 9.17) is 10.4 Å². The number of carboxylic acid groups (broad SMARTS) is 1. The number of hydrogen-bond acceptors (Lipinski definition) is 3. The van der Waals surface area contributed by atoms with E-state index < -0.39 is 5.97 Å². The minimum absolute atomic E-state index is 0.201. The molecule has 0 unspecified atom stereocenters. The minimum Gasteiger partial charge on any atom is -0.478 e. The Labute approximate surface area is 124 Å². The molecule has 0 aliphatic heterocycles. The van der Waals surface area contributed by atoms with Crippen LogP contribution in [0.4, 0.5) is 11.4 Å². The van der Waals surface area contributed by atoms with E-state index in [0.29, 0.717) is 21.4 Å². The van der Waals surface area contributed by atoms with Crippen LogP contribution in [-0.4, -0.2) is 11.1 Å². The second kappa shape index (κ2) is 5.76. The molecule has 0 saturated carbocycles. The Hall–Kier alpha value is -2.32. The molecule has 0 spiro atoms. The Morgan fingerprint density at radius 1 is 1.25 bits per heavy atom. The number of carboxylic acids is 1. The first kappa shape index (κ1) is 14.1. The van der Waals surface area contributed by atoms with Crippen molar-refractivity contribution in [3.63, 3.8) is 0 Å². The summed E-state index contributed by atoms with van der Waals surface area (Å²) >= 11 is 3.33. The highest BCUT2D eigenvalue weighted by atomic mass is 79.9. The number of halogens is 1. The number of carbonyl (C=O) groups is 1. The van der Waals surface area contributed by atoms with E-state index in [-0.39, 0.29) is 5.56 Å². The highest BCUT2D eigenvalue weighted by Crippen LogP contribution is 2.29. The van der Waals surface area contributed by atoms with Crippen LogP contribution in [0.2, 0.25) is 0 Å². The van der Waals surface area contributed by atoms with E-state index >= 15 is 0 Å². The van der Waals surface area contributed by atoms with Gasteiger partial charge in [0.15, 0.2) is 0 Å². The fourth-order valence-electron chi connectivity index (χ4n) is 1.75. The third-order valence-corrected chi connectivity index (χ3v) is 3.44. The van der Waals surface area contributed by atoms with Gasteiger partial charge >= 0.3 is 5.97 Å². The van der Waals surface area contributed by atoms with Crippen molar-refractivity contribution in [3.8, 4) is 6.07 Å². The molecule has 0 aromatic heterocycles. The number of anilines is 2. The summed E-state index contributed by atoms with van der Waals surface area (Å²) in [4.78, 5) is 10.9. The molecule has 2 rings (SSSR count). The largest absolute Gasteiger partial charge is 0.478 e. The number of nitrogens with zero attached hydrogens (tertiary/aromatic N) is 1. The molecule has 0 heterocycles. The van der Waals surface area contributed by atoms with E-state index in [1.54, 1.807) is 12.1 Å². The summed E-state index contributed by atoms with van der Waals surface area (Å²) in [6, 6.07) is 12.3. The van der Waals surface area contributed by atoms with Crippen LogP contribution in [0.5, 0.6) is 0 Å². The molecule has 20 heavy (non-hydrogen) atoms. The third-order valence-electron chi connectivity index (χ3n) is 2.78. The van der Waals surface area contributed by atoms with Gasteiger partial charge in [0.05, 0.1) is 22.5 Å². The smallest absolute Gasteiger partial charge is 0.335 e. The Bertz CT molecular complexity index is 720. The lowest BCUT2D eigenvalue weighted by molar-refractivity contribution is 0.0697. The second-order valence-electron chi connectivity index (χ2n) is 4.29. The van der Waals surface area contributed by atoms with Crippen molar-refractivity contribution in [2.24, 2.45) is 0 Å². The Morgan fingerprint density at radius 2 is 2.00 bits per heavy atom. The molecule has 2 N–H and O–H groups in total. The third kappa shape index (κ3) is 2.98. The number of benzene rings is 2. The molecular formula is C15H11BrN2O2. The fourth-order valence-corrected chi connectivity index (χ4v) is 2.23. The molecule has 2 aromatic carbocycles. The van der Waals surface area contributed by atoms with Gasteiger partial charge in [-0.1, -0.05) is 6.07 Å². The molecule has 4 nitrogen and oxygen atoms in total. The average Bonchev–Trinajstić information content (AvgIpc) is 2.41. The molecule has 5 heteroatoms. The second-order valence-corrected chi connectivity index (χ2v) is 5.14. The van der Waals surface area contributed by atoms with E-state index in [1.165, 1.54) is 12.1 Å². The lowest BCUT2D eigenvalue weighted by atomic mass is 10.1. The molecular weight excluding hydrogens is 320 g/mol. The number of aryl methyl sites for hydroxylation is 1. The first-order valence-corrected chi connectivity index (χ1v) is 6.61. The molecule has 0 atom stereocenters. The fraction of sp³-hybridized carbons (Fsp3) is 0.0667. The minimum atomic E-state index is -0.981. The van der Waals surface area contributed by atoms with Crippen LogP contribution in [0.1, 0.15) is 21.5 Å². The van der Waals surface area contributed by atoms with E-state index in [1.807, 2.05) is 19.1 Å². The maximum atomic E-state index is 10.9. The summed E-state index contributed by atoms with van der Waals surface area (Å²) in [5.74, 6) is -0.981. The number of hydrogen-bond donors (Lipinski definition) is 2. The molecule has 0 aliphatic carbocycles. The number of aromatic carboxylic acids is 1. The highest BCUT2D eigenvalue weighted by molar-refractivity contribution is 9.10. The van der Waals surface area contributed by atoms with Gasteiger partial charge in [-0.3, -0.25) is 0 Å². The number of nitriles is 1. The van der Waals surface area contributed by atoms with Gasteiger partial charge in [0.1, 0.15) is 6.07 Å². The molecule has 0 saturated heterocycles. The van der Waals surface area contributed by atoms with Crippen molar-refractivity contribution < 1.29 is 9.90 Å². The zero-order valence-corrected chi connectivity index (χ0v) is 12.2. The van der Waals surface area contributed by atoms with Crippen molar-refractivity contribution in [2.75, 3.05) is 5.32 Å². The first-order valence-electron chi connectivity index (χ1n) is 5.82. The normalized spacial score (nSPS) is 9.85. The maximum absolute atomic E-state index is 10.9. The molecule has 0 aliphatic rings. The van der Waals surface area contributed by atoms with Gasteiger partial charge in [-0.05, 0) is 58.7 Å². The van der Waals surface area contributed by atoms with Crippen LogP contribution >= 0.6 is 15.9 Å². The molecule has 0 bridgehead atoms. The van der Waals surface area contributed by atoms with Gasteiger partial charge in [-0.2, -0.15) is 5.26 Å². The van der Waals surface area contributed by atoms with E-state index in [0.717, 1.165) is 5.56 Å². The molecule has 0 fully saturated rings.